The van der Waals surface area contributed by atoms with Crippen LogP contribution in [0.25, 0.3) is 0 Å². The van der Waals surface area contributed by atoms with Gasteiger partial charge in [0.1, 0.15) is 5.15 Å². The van der Waals surface area contributed by atoms with Gasteiger partial charge in [0.15, 0.2) is 0 Å². The normalized spacial score (nSPS) is 11.1. The molecule has 2 rings (SSSR count). The lowest BCUT2D eigenvalue weighted by molar-refractivity contribution is 0.560. The Hall–Kier alpha value is -1.55. The standard InChI is InChI=1S/C12H14ClN3O/c1-9(2)16-7-6-15(12(16)17)8-10-4-3-5-11(13)14-10/h3-7,9H,8H2,1-2H3. The Morgan fingerprint density at radius 2 is 2.12 bits per heavy atom. The first kappa shape index (κ1) is 11.9. The predicted octanol–water partition coefficient (Wildman–Crippen LogP) is 2.33. The lowest BCUT2D eigenvalue weighted by atomic mass is 10.3. The molecule has 0 spiro atoms. The molecular weight excluding hydrogens is 238 g/mol. The Kier molecular flexibility index (Phi) is 3.33. The molecule has 0 amide bonds. The number of rotatable bonds is 3. The summed E-state index contributed by atoms with van der Waals surface area (Å²) in [5.74, 6) is 0. The van der Waals surface area contributed by atoms with Crippen molar-refractivity contribution in [2.75, 3.05) is 0 Å². The molecule has 0 aliphatic carbocycles. The van der Waals surface area contributed by atoms with Crippen LogP contribution in [0, 0.1) is 0 Å². The van der Waals surface area contributed by atoms with Crippen molar-refractivity contribution in [1.29, 1.82) is 0 Å². The lowest BCUT2D eigenvalue weighted by Crippen LogP contribution is -2.25. The van der Waals surface area contributed by atoms with Crippen LogP contribution in [0.3, 0.4) is 0 Å². The van der Waals surface area contributed by atoms with Crippen LogP contribution in [-0.4, -0.2) is 14.1 Å². The second-order valence-electron chi connectivity index (χ2n) is 4.16. The van der Waals surface area contributed by atoms with Crippen molar-refractivity contribution in [3.8, 4) is 0 Å². The largest absolute Gasteiger partial charge is 0.328 e. The van der Waals surface area contributed by atoms with E-state index in [1.165, 1.54) is 0 Å². The minimum atomic E-state index is -0.0261. The summed E-state index contributed by atoms with van der Waals surface area (Å²) in [7, 11) is 0. The summed E-state index contributed by atoms with van der Waals surface area (Å²) in [6.07, 6.45) is 3.56. The van der Waals surface area contributed by atoms with Gasteiger partial charge >= 0.3 is 5.69 Å². The highest BCUT2D eigenvalue weighted by Gasteiger charge is 2.07. The number of nitrogens with zero attached hydrogens (tertiary/aromatic N) is 3. The number of halogens is 1. The highest BCUT2D eigenvalue weighted by Crippen LogP contribution is 2.06. The molecule has 0 aliphatic heterocycles. The number of aromatic nitrogens is 3. The van der Waals surface area contributed by atoms with Crippen LogP contribution in [0.4, 0.5) is 0 Å². The van der Waals surface area contributed by atoms with Crippen molar-refractivity contribution in [3.63, 3.8) is 0 Å². The van der Waals surface area contributed by atoms with E-state index in [4.69, 9.17) is 11.6 Å². The summed E-state index contributed by atoms with van der Waals surface area (Å²) >= 11 is 5.80. The van der Waals surface area contributed by atoms with Crippen LogP contribution < -0.4 is 5.69 Å². The summed E-state index contributed by atoms with van der Waals surface area (Å²) in [6, 6.07) is 5.56. The Morgan fingerprint density at radius 1 is 1.35 bits per heavy atom. The summed E-state index contributed by atoms with van der Waals surface area (Å²) in [6.45, 7) is 4.39. The fourth-order valence-corrected chi connectivity index (χ4v) is 1.84. The molecule has 17 heavy (non-hydrogen) atoms. The van der Waals surface area contributed by atoms with Crippen molar-refractivity contribution in [3.05, 3.63) is 51.9 Å². The van der Waals surface area contributed by atoms with Crippen molar-refractivity contribution in [2.24, 2.45) is 0 Å². The third-order valence-corrected chi connectivity index (χ3v) is 2.75. The van der Waals surface area contributed by atoms with E-state index in [2.05, 4.69) is 4.98 Å². The van der Waals surface area contributed by atoms with Crippen molar-refractivity contribution in [2.45, 2.75) is 26.4 Å². The van der Waals surface area contributed by atoms with Gasteiger partial charge in [0, 0.05) is 18.4 Å². The third kappa shape index (κ3) is 2.58. The molecule has 0 aromatic carbocycles. The molecule has 0 atom stereocenters. The molecule has 90 valence electrons. The van der Waals surface area contributed by atoms with Gasteiger partial charge in [-0.1, -0.05) is 17.7 Å². The van der Waals surface area contributed by atoms with E-state index < -0.39 is 0 Å². The maximum atomic E-state index is 12.0. The molecule has 2 aromatic rings. The van der Waals surface area contributed by atoms with Crippen molar-refractivity contribution >= 4 is 11.6 Å². The molecule has 0 N–H and O–H groups in total. The van der Waals surface area contributed by atoms with Crippen LogP contribution in [0.15, 0.2) is 35.4 Å². The molecule has 0 aliphatic rings. The summed E-state index contributed by atoms with van der Waals surface area (Å²) in [5, 5.41) is 0.443. The highest BCUT2D eigenvalue weighted by atomic mass is 35.5. The van der Waals surface area contributed by atoms with E-state index in [-0.39, 0.29) is 11.7 Å². The molecule has 2 aromatic heterocycles. The average Bonchev–Trinajstić information content (AvgIpc) is 2.61. The topological polar surface area (TPSA) is 39.8 Å². The molecule has 0 bridgehead atoms. The van der Waals surface area contributed by atoms with Crippen LogP contribution >= 0.6 is 11.6 Å². The van der Waals surface area contributed by atoms with E-state index in [0.717, 1.165) is 5.69 Å². The lowest BCUT2D eigenvalue weighted by Gasteiger charge is -2.05. The quantitative estimate of drug-likeness (QED) is 0.786. The monoisotopic (exact) mass is 251 g/mol. The summed E-state index contributed by atoms with van der Waals surface area (Å²) < 4.78 is 3.31. The van der Waals surface area contributed by atoms with Crippen LogP contribution in [0.2, 0.25) is 5.15 Å². The molecule has 2 heterocycles. The predicted molar refractivity (Wildman–Crippen MR) is 67.4 cm³/mol. The number of hydrogen-bond acceptors (Lipinski definition) is 2. The summed E-state index contributed by atoms with van der Waals surface area (Å²) in [4.78, 5) is 16.1. The number of hydrogen-bond donors (Lipinski definition) is 0. The number of pyridine rings is 1. The Morgan fingerprint density at radius 3 is 2.71 bits per heavy atom. The van der Waals surface area contributed by atoms with Gasteiger partial charge in [0.05, 0.1) is 12.2 Å². The zero-order chi connectivity index (χ0) is 12.4. The first-order chi connectivity index (χ1) is 8.08. The minimum Gasteiger partial charge on any atom is -0.297 e. The SMILES string of the molecule is CC(C)n1ccn(Cc2cccc(Cl)n2)c1=O. The maximum absolute atomic E-state index is 12.0. The third-order valence-electron chi connectivity index (χ3n) is 2.54. The van der Waals surface area contributed by atoms with Gasteiger partial charge in [0.25, 0.3) is 0 Å². The number of imidazole rings is 1. The average molecular weight is 252 g/mol. The maximum Gasteiger partial charge on any atom is 0.328 e. The van der Waals surface area contributed by atoms with Crippen molar-refractivity contribution < 1.29 is 0 Å². The van der Waals surface area contributed by atoms with E-state index >= 15 is 0 Å². The van der Waals surface area contributed by atoms with E-state index in [1.807, 2.05) is 26.0 Å². The molecule has 0 radical (unpaired) electrons. The van der Waals surface area contributed by atoms with Gasteiger partial charge in [-0.05, 0) is 26.0 Å². The van der Waals surface area contributed by atoms with Crippen LogP contribution in [0.5, 0.6) is 0 Å². The zero-order valence-corrected chi connectivity index (χ0v) is 10.6. The molecular formula is C12H14ClN3O. The molecule has 0 saturated heterocycles. The molecule has 5 heteroatoms. The van der Waals surface area contributed by atoms with Gasteiger partial charge in [-0.25, -0.2) is 9.78 Å². The van der Waals surface area contributed by atoms with Gasteiger partial charge < -0.3 is 0 Å². The van der Waals surface area contributed by atoms with Crippen molar-refractivity contribution in [1.82, 2.24) is 14.1 Å². The Bertz CT molecular complexity index is 571. The second kappa shape index (κ2) is 4.75. The smallest absolute Gasteiger partial charge is 0.297 e. The van der Waals surface area contributed by atoms with Gasteiger partial charge in [-0.3, -0.25) is 9.13 Å². The molecule has 4 nitrogen and oxygen atoms in total. The van der Waals surface area contributed by atoms with E-state index in [9.17, 15) is 4.79 Å². The van der Waals surface area contributed by atoms with Gasteiger partial charge in [-0.15, -0.1) is 0 Å². The Labute approximate surface area is 104 Å². The zero-order valence-electron chi connectivity index (χ0n) is 9.80. The fourth-order valence-electron chi connectivity index (χ4n) is 1.65. The molecule has 0 fully saturated rings. The fraction of sp³-hybridized carbons (Fsp3) is 0.333. The van der Waals surface area contributed by atoms with E-state index in [1.54, 1.807) is 27.6 Å². The highest BCUT2D eigenvalue weighted by molar-refractivity contribution is 6.29. The van der Waals surface area contributed by atoms with E-state index in [0.29, 0.717) is 11.7 Å². The molecule has 0 unspecified atom stereocenters. The summed E-state index contributed by atoms with van der Waals surface area (Å²) in [5.41, 5.74) is 0.753. The van der Waals surface area contributed by atoms with Gasteiger partial charge in [0.2, 0.25) is 0 Å². The van der Waals surface area contributed by atoms with Gasteiger partial charge in [-0.2, -0.15) is 0 Å². The van der Waals surface area contributed by atoms with Crippen LogP contribution in [0.1, 0.15) is 25.6 Å². The van der Waals surface area contributed by atoms with Crippen LogP contribution in [-0.2, 0) is 6.54 Å². The second-order valence-corrected chi connectivity index (χ2v) is 4.55. The minimum absolute atomic E-state index is 0.0261. The Balaban J connectivity index is 2.28. The molecule has 0 saturated carbocycles. The first-order valence-corrected chi connectivity index (χ1v) is 5.84. The first-order valence-electron chi connectivity index (χ1n) is 5.46.